The van der Waals surface area contributed by atoms with E-state index in [9.17, 15) is 14.4 Å². The van der Waals surface area contributed by atoms with Crippen LogP contribution in [0.1, 0.15) is 40.5 Å². The molecule has 0 aromatic heterocycles. The molecule has 18 heavy (non-hydrogen) atoms. The number of ketones is 2. The van der Waals surface area contributed by atoms with Crippen LogP contribution in [0, 0.1) is 5.41 Å². The minimum Gasteiger partial charge on any atom is -0.298 e. The quantitative estimate of drug-likeness (QED) is 0.559. The number of aldehydes is 1. The van der Waals surface area contributed by atoms with Crippen molar-refractivity contribution in [2.24, 2.45) is 5.41 Å². The van der Waals surface area contributed by atoms with E-state index in [0.717, 1.165) is 11.9 Å². The van der Waals surface area contributed by atoms with Gasteiger partial charge in [-0.05, 0) is 25.3 Å². The predicted octanol–water partition coefficient (Wildman–Crippen LogP) is 2.36. The highest BCUT2D eigenvalue weighted by molar-refractivity contribution is 6.30. The lowest BCUT2D eigenvalue weighted by Crippen LogP contribution is -2.31. The van der Waals surface area contributed by atoms with Crippen LogP contribution in [0.15, 0.2) is 35.4 Å². The number of benzene rings is 1. The molecule has 0 heterocycles. The van der Waals surface area contributed by atoms with Crippen LogP contribution in [-0.2, 0) is 4.79 Å². The Balaban J connectivity index is 2.12. The zero-order valence-electron chi connectivity index (χ0n) is 10.0. The fraction of sp³-hybridized carbons (Fsp3) is 0.267. The molecule has 0 atom stereocenters. The van der Waals surface area contributed by atoms with Gasteiger partial charge in [-0.15, -0.1) is 0 Å². The van der Waals surface area contributed by atoms with Crippen molar-refractivity contribution in [2.75, 3.05) is 0 Å². The molecule has 90 valence electrons. The van der Waals surface area contributed by atoms with Crippen molar-refractivity contribution in [1.82, 2.24) is 0 Å². The lowest BCUT2D eigenvalue weighted by atomic mass is 9.79. The van der Waals surface area contributed by atoms with Crippen LogP contribution in [0.2, 0.25) is 0 Å². The molecule has 0 saturated carbocycles. The van der Waals surface area contributed by atoms with E-state index in [1.807, 2.05) is 6.92 Å². The zero-order valence-corrected chi connectivity index (χ0v) is 10.0. The van der Waals surface area contributed by atoms with Gasteiger partial charge >= 0.3 is 0 Å². The highest BCUT2D eigenvalue weighted by Gasteiger charge is 2.55. The predicted molar refractivity (Wildman–Crippen MR) is 65.5 cm³/mol. The van der Waals surface area contributed by atoms with Gasteiger partial charge in [0.2, 0.25) is 0 Å². The maximum absolute atomic E-state index is 12.5. The number of hydrogen-bond acceptors (Lipinski definition) is 3. The van der Waals surface area contributed by atoms with Crippen molar-refractivity contribution in [1.29, 1.82) is 0 Å². The van der Waals surface area contributed by atoms with Gasteiger partial charge in [0.25, 0.3) is 0 Å². The van der Waals surface area contributed by atoms with Crippen molar-refractivity contribution in [2.45, 2.75) is 19.8 Å². The van der Waals surface area contributed by atoms with Crippen LogP contribution in [0.25, 0.3) is 0 Å². The molecule has 0 fully saturated rings. The second-order valence-electron chi connectivity index (χ2n) is 5.06. The average Bonchev–Trinajstić information content (AvgIpc) is 2.83. The van der Waals surface area contributed by atoms with Gasteiger partial charge in [0, 0.05) is 11.1 Å². The fourth-order valence-corrected chi connectivity index (χ4v) is 3.07. The third kappa shape index (κ3) is 1.16. The van der Waals surface area contributed by atoms with E-state index in [1.54, 1.807) is 24.3 Å². The molecule has 0 unspecified atom stereocenters. The molecule has 3 nitrogen and oxygen atoms in total. The maximum atomic E-state index is 12.5. The van der Waals surface area contributed by atoms with Crippen LogP contribution >= 0.6 is 0 Å². The summed E-state index contributed by atoms with van der Waals surface area (Å²) in [5.41, 5.74) is 1.44. The van der Waals surface area contributed by atoms with Crippen molar-refractivity contribution >= 4 is 17.9 Å². The largest absolute Gasteiger partial charge is 0.298 e. The molecule has 3 heteroatoms. The zero-order chi connectivity index (χ0) is 12.9. The summed E-state index contributed by atoms with van der Waals surface area (Å²) in [6.07, 6.45) is 1.41. The molecule has 0 N–H and O–H groups in total. The van der Waals surface area contributed by atoms with Gasteiger partial charge in [-0.25, -0.2) is 0 Å². The van der Waals surface area contributed by atoms with Gasteiger partial charge in [0.1, 0.15) is 11.7 Å². The average molecular weight is 240 g/mol. The second kappa shape index (κ2) is 3.48. The Labute approximate surface area is 104 Å². The van der Waals surface area contributed by atoms with Crippen molar-refractivity contribution < 1.29 is 14.4 Å². The molecule has 2 aliphatic rings. The van der Waals surface area contributed by atoms with Crippen LogP contribution < -0.4 is 0 Å². The van der Waals surface area contributed by atoms with E-state index in [4.69, 9.17) is 0 Å². The Kier molecular flexibility index (Phi) is 2.14. The van der Waals surface area contributed by atoms with Crippen molar-refractivity contribution in [3.8, 4) is 0 Å². The molecule has 0 saturated heterocycles. The minimum absolute atomic E-state index is 0.126. The number of rotatable bonds is 1. The Bertz CT molecular complexity index is 587. The van der Waals surface area contributed by atoms with Crippen LogP contribution in [-0.4, -0.2) is 17.9 Å². The Morgan fingerprint density at radius 1 is 1.06 bits per heavy atom. The van der Waals surface area contributed by atoms with Gasteiger partial charge in [-0.2, -0.15) is 0 Å². The monoisotopic (exact) mass is 240 g/mol. The topological polar surface area (TPSA) is 51.2 Å². The first-order chi connectivity index (χ1) is 8.60. The van der Waals surface area contributed by atoms with Crippen LogP contribution in [0.4, 0.5) is 0 Å². The molecule has 0 aliphatic heterocycles. The second-order valence-corrected chi connectivity index (χ2v) is 5.06. The van der Waals surface area contributed by atoms with Crippen LogP contribution in [0.5, 0.6) is 0 Å². The molecule has 1 aromatic carbocycles. The van der Waals surface area contributed by atoms with Crippen molar-refractivity contribution in [3.63, 3.8) is 0 Å². The van der Waals surface area contributed by atoms with E-state index in [0.29, 0.717) is 23.1 Å². The third-order valence-corrected chi connectivity index (χ3v) is 4.04. The summed E-state index contributed by atoms with van der Waals surface area (Å²) in [5.74, 6) is -0.251. The summed E-state index contributed by atoms with van der Waals surface area (Å²) in [5, 5.41) is 0. The Morgan fingerprint density at radius 3 is 2.06 bits per heavy atom. The summed E-state index contributed by atoms with van der Waals surface area (Å²) in [6.45, 7) is 1.82. The van der Waals surface area contributed by atoms with E-state index in [2.05, 4.69) is 0 Å². The number of allylic oxidation sites excluding steroid dienone is 2. The Morgan fingerprint density at radius 2 is 1.61 bits per heavy atom. The minimum atomic E-state index is -1.02. The molecule has 3 rings (SSSR count). The number of carbonyl (C=O) groups excluding carboxylic acids is 3. The highest BCUT2D eigenvalue weighted by atomic mass is 16.2. The summed E-state index contributed by atoms with van der Waals surface area (Å²) in [4.78, 5) is 35.9. The molecule has 0 amide bonds. The maximum Gasteiger partial charge on any atom is 0.178 e. The standard InChI is InChI=1S/C15H12O3/c1-9-6-15(7-10(9)8-16)13(17)11-4-2-3-5-12(11)14(15)18/h2-5,8H,6-7H2,1H3. The lowest BCUT2D eigenvalue weighted by molar-refractivity contribution is -0.105. The summed E-state index contributed by atoms with van der Waals surface area (Å²) >= 11 is 0. The third-order valence-electron chi connectivity index (χ3n) is 4.04. The van der Waals surface area contributed by atoms with E-state index in [1.165, 1.54) is 0 Å². The molecule has 1 aromatic rings. The molecule has 2 aliphatic carbocycles. The number of hydrogen-bond donors (Lipinski definition) is 0. The Hall–Kier alpha value is -2.03. The van der Waals surface area contributed by atoms with Gasteiger partial charge in [-0.1, -0.05) is 29.8 Å². The van der Waals surface area contributed by atoms with E-state index < -0.39 is 5.41 Å². The van der Waals surface area contributed by atoms with Gasteiger partial charge in [0.05, 0.1) is 0 Å². The first kappa shape index (κ1) is 11.1. The summed E-state index contributed by atoms with van der Waals surface area (Å²) < 4.78 is 0. The molecule has 0 bridgehead atoms. The van der Waals surface area contributed by atoms with E-state index in [-0.39, 0.29) is 18.0 Å². The van der Waals surface area contributed by atoms with Crippen LogP contribution in [0.3, 0.4) is 0 Å². The van der Waals surface area contributed by atoms with E-state index >= 15 is 0 Å². The summed E-state index contributed by atoms with van der Waals surface area (Å²) in [6, 6.07) is 6.91. The lowest BCUT2D eigenvalue weighted by Gasteiger charge is -2.19. The highest BCUT2D eigenvalue weighted by Crippen LogP contribution is 2.50. The molecule has 0 radical (unpaired) electrons. The number of carbonyl (C=O) groups is 3. The first-order valence-electron chi connectivity index (χ1n) is 5.92. The molecule has 1 spiro atoms. The van der Waals surface area contributed by atoms with Gasteiger partial charge in [-0.3, -0.25) is 14.4 Å². The van der Waals surface area contributed by atoms with Crippen molar-refractivity contribution in [3.05, 3.63) is 46.5 Å². The number of Topliss-reactive ketones (excluding diaryl/α,β-unsaturated/α-hetero) is 2. The molecular weight excluding hydrogens is 228 g/mol. The fourth-order valence-electron chi connectivity index (χ4n) is 3.07. The SMILES string of the molecule is CC1=C(C=O)CC2(C1)C(=O)c1ccccc1C2=O. The van der Waals surface area contributed by atoms with Gasteiger partial charge in [0.15, 0.2) is 11.6 Å². The molecular formula is C15H12O3. The summed E-state index contributed by atoms with van der Waals surface area (Å²) in [7, 11) is 0. The smallest absolute Gasteiger partial charge is 0.178 e. The number of fused-ring (bicyclic) bond motifs is 1. The van der Waals surface area contributed by atoms with Gasteiger partial charge < -0.3 is 0 Å². The first-order valence-corrected chi connectivity index (χ1v) is 5.92. The normalized spacial score (nSPS) is 20.7.